The minimum absolute atomic E-state index is 0.166. The van der Waals surface area contributed by atoms with Gasteiger partial charge in [-0.15, -0.1) is 0 Å². The number of halogens is 1. The third kappa shape index (κ3) is 3.42. The first-order valence-electron chi connectivity index (χ1n) is 5.25. The summed E-state index contributed by atoms with van der Waals surface area (Å²) in [6.07, 6.45) is 0.611. The monoisotopic (exact) mass is 241 g/mol. The van der Waals surface area contributed by atoms with E-state index in [4.69, 9.17) is 22.1 Å². The minimum atomic E-state index is -0.184. The fraction of sp³-hybridized carbons (Fsp3) is 0.417. The van der Waals surface area contributed by atoms with E-state index in [1.165, 1.54) is 0 Å². The van der Waals surface area contributed by atoms with Gasteiger partial charge in [-0.25, -0.2) is 0 Å². The summed E-state index contributed by atoms with van der Waals surface area (Å²) in [4.78, 5) is 11.4. The van der Waals surface area contributed by atoms with Crippen molar-refractivity contribution in [3.63, 3.8) is 0 Å². The van der Waals surface area contributed by atoms with E-state index in [1.54, 1.807) is 19.1 Å². The van der Waals surface area contributed by atoms with E-state index in [1.807, 2.05) is 13.0 Å². The highest BCUT2D eigenvalue weighted by molar-refractivity contribution is 6.33. The molecule has 0 heterocycles. The van der Waals surface area contributed by atoms with Gasteiger partial charge >= 0.3 is 5.97 Å². The smallest absolute Gasteiger partial charge is 0.308 e. The van der Waals surface area contributed by atoms with Crippen LogP contribution >= 0.6 is 11.6 Å². The van der Waals surface area contributed by atoms with Gasteiger partial charge < -0.3 is 10.5 Å². The predicted octanol–water partition coefficient (Wildman–Crippen LogP) is 2.66. The van der Waals surface area contributed by atoms with Gasteiger partial charge in [-0.3, -0.25) is 4.79 Å². The molecule has 0 spiro atoms. The first-order chi connectivity index (χ1) is 7.54. The van der Waals surface area contributed by atoms with Crippen molar-refractivity contribution in [2.45, 2.75) is 20.3 Å². The van der Waals surface area contributed by atoms with Gasteiger partial charge in [0.25, 0.3) is 0 Å². The number of hydrogen-bond acceptors (Lipinski definition) is 3. The molecule has 0 saturated heterocycles. The quantitative estimate of drug-likeness (QED) is 0.651. The average Bonchev–Trinajstić information content (AvgIpc) is 2.24. The highest BCUT2D eigenvalue weighted by Gasteiger charge is 2.14. The van der Waals surface area contributed by atoms with E-state index in [2.05, 4.69) is 0 Å². The van der Waals surface area contributed by atoms with E-state index in [0.29, 0.717) is 23.7 Å². The SMILES string of the molecule is CCOC(=O)[C@@H](C)Cc1ccc(Cl)c(N)c1. The molecule has 0 amide bonds. The number of carbonyl (C=O) groups is 1. The lowest BCUT2D eigenvalue weighted by Crippen LogP contribution is -2.16. The Kier molecular flexibility index (Phi) is 4.62. The number of ether oxygens (including phenoxy) is 1. The molecular formula is C12H16ClNO2. The Morgan fingerprint density at radius 1 is 1.56 bits per heavy atom. The number of rotatable bonds is 4. The van der Waals surface area contributed by atoms with E-state index >= 15 is 0 Å². The maximum absolute atomic E-state index is 11.4. The summed E-state index contributed by atoms with van der Waals surface area (Å²) in [6.45, 7) is 4.04. The van der Waals surface area contributed by atoms with Crippen molar-refractivity contribution in [1.29, 1.82) is 0 Å². The van der Waals surface area contributed by atoms with Crippen molar-refractivity contribution in [3.8, 4) is 0 Å². The number of esters is 1. The Morgan fingerprint density at radius 3 is 2.81 bits per heavy atom. The predicted molar refractivity (Wildman–Crippen MR) is 65.4 cm³/mol. The van der Waals surface area contributed by atoms with Crippen LogP contribution in [0.2, 0.25) is 5.02 Å². The summed E-state index contributed by atoms with van der Waals surface area (Å²) < 4.78 is 4.93. The molecule has 1 rings (SSSR count). The zero-order valence-corrected chi connectivity index (χ0v) is 10.3. The molecule has 3 nitrogen and oxygen atoms in total. The standard InChI is InChI=1S/C12H16ClNO2/c1-3-16-12(15)8(2)6-9-4-5-10(13)11(14)7-9/h4-5,7-8H,3,6,14H2,1-2H3/t8-/m0/s1. The van der Waals surface area contributed by atoms with Crippen molar-refractivity contribution in [1.82, 2.24) is 0 Å². The fourth-order valence-corrected chi connectivity index (χ4v) is 1.56. The van der Waals surface area contributed by atoms with E-state index in [-0.39, 0.29) is 11.9 Å². The normalized spacial score (nSPS) is 12.2. The van der Waals surface area contributed by atoms with Crippen molar-refractivity contribution < 1.29 is 9.53 Å². The van der Waals surface area contributed by atoms with Crippen LogP contribution in [-0.2, 0) is 16.0 Å². The Balaban J connectivity index is 2.66. The van der Waals surface area contributed by atoms with Crippen LogP contribution in [0.15, 0.2) is 18.2 Å². The van der Waals surface area contributed by atoms with E-state index in [0.717, 1.165) is 5.56 Å². The van der Waals surface area contributed by atoms with Gasteiger partial charge in [0.15, 0.2) is 0 Å². The van der Waals surface area contributed by atoms with Crippen molar-refractivity contribution in [3.05, 3.63) is 28.8 Å². The van der Waals surface area contributed by atoms with Crippen LogP contribution in [0.5, 0.6) is 0 Å². The maximum Gasteiger partial charge on any atom is 0.308 e. The zero-order chi connectivity index (χ0) is 12.1. The molecule has 0 unspecified atom stereocenters. The fourth-order valence-electron chi connectivity index (χ4n) is 1.44. The second kappa shape index (κ2) is 5.75. The highest BCUT2D eigenvalue weighted by Crippen LogP contribution is 2.21. The van der Waals surface area contributed by atoms with Gasteiger partial charge in [0.05, 0.1) is 23.2 Å². The lowest BCUT2D eigenvalue weighted by Gasteiger charge is -2.11. The molecule has 0 aliphatic rings. The largest absolute Gasteiger partial charge is 0.466 e. The molecule has 2 N–H and O–H groups in total. The second-order valence-electron chi connectivity index (χ2n) is 3.71. The number of nitrogen functional groups attached to an aromatic ring is 1. The Bertz CT molecular complexity index is 379. The molecule has 1 aromatic rings. The van der Waals surface area contributed by atoms with Crippen LogP contribution in [0, 0.1) is 5.92 Å². The van der Waals surface area contributed by atoms with Crippen molar-refractivity contribution >= 4 is 23.3 Å². The minimum Gasteiger partial charge on any atom is -0.466 e. The van der Waals surface area contributed by atoms with Gasteiger partial charge in [-0.2, -0.15) is 0 Å². The Hall–Kier alpha value is -1.22. The summed E-state index contributed by atoms with van der Waals surface area (Å²) in [5, 5.41) is 0.535. The van der Waals surface area contributed by atoms with E-state index in [9.17, 15) is 4.79 Å². The maximum atomic E-state index is 11.4. The summed E-state index contributed by atoms with van der Waals surface area (Å²) in [5.41, 5.74) is 7.21. The molecule has 0 aliphatic heterocycles. The topological polar surface area (TPSA) is 52.3 Å². The summed E-state index contributed by atoms with van der Waals surface area (Å²) in [6, 6.07) is 5.40. The van der Waals surface area contributed by atoms with Crippen LogP contribution < -0.4 is 5.73 Å². The van der Waals surface area contributed by atoms with Crippen molar-refractivity contribution in [2.24, 2.45) is 5.92 Å². The summed E-state index contributed by atoms with van der Waals surface area (Å²) in [7, 11) is 0. The molecule has 0 aromatic heterocycles. The number of benzene rings is 1. The third-order valence-electron chi connectivity index (χ3n) is 2.29. The van der Waals surface area contributed by atoms with E-state index < -0.39 is 0 Å². The van der Waals surface area contributed by atoms with Gasteiger partial charge in [0.1, 0.15) is 0 Å². The molecule has 0 fully saturated rings. The molecule has 88 valence electrons. The number of carbonyl (C=O) groups excluding carboxylic acids is 1. The first kappa shape index (κ1) is 12.8. The molecule has 1 atom stereocenters. The van der Waals surface area contributed by atoms with Gasteiger partial charge in [-0.1, -0.05) is 24.6 Å². The summed E-state index contributed by atoms with van der Waals surface area (Å²) >= 11 is 5.81. The van der Waals surface area contributed by atoms with Gasteiger partial charge in [-0.05, 0) is 31.0 Å². The molecule has 0 aliphatic carbocycles. The highest BCUT2D eigenvalue weighted by atomic mass is 35.5. The second-order valence-corrected chi connectivity index (χ2v) is 4.12. The number of hydrogen-bond donors (Lipinski definition) is 1. The van der Waals surface area contributed by atoms with Crippen LogP contribution in [0.1, 0.15) is 19.4 Å². The van der Waals surface area contributed by atoms with Crippen LogP contribution in [0.25, 0.3) is 0 Å². The molecule has 0 radical (unpaired) electrons. The van der Waals surface area contributed by atoms with Gasteiger partial charge in [0.2, 0.25) is 0 Å². The Morgan fingerprint density at radius 2 is 2.25 bits per heavy atom. The molecule has 1 aromatic carbocycles. The molecule has 4 heteroatoms. The summed E-state index contributed by atoms with van der Waals surface area (Å²) in [5.74, 6) is -0.350. The van der Waals surface area contributed by atoms with Gasteiger partial charge in [0, 0.05) is 0 Å². The van der Waals surface area contributed by atoms with Crippen LogP contribution in [0.3, 0.4) is 0 Å². The first-order valence-corrected chi connectivity index (χ1v) is 5.63. The molecular weight excluding hydrogens is 226 g/mol. The van der Waals surface area contributed by atoms with Crippen LogP contribution in [0.4, 0.5) is 5.69 Å². The van der Waals surface area contributed by atoms with Crippen molar-refractivity contribution in [2.75, 3.05) is 12.3 Å². The third-order valence-corrected chi connectivity index (χ3v) is 2.64. The lowest BCUT2D eigenvalue weighted by atomic mass is 10.0. The zero-order valence-electron chi connectivity index (χ0n) is 9.50. The van der Waals surface area contributed by atoms with Crippen LogP contribution in [-0.4, -0.2) is 12.6 Å². The average molecular weight is 242 g/mol. The Labute approximate surface area is 101 Å². The molecule has 16 heavy (non-hydrogen) atoms. The number of nitrogens with two attached hydrogens (primary N) is 1. The lowest BCUT2D eigenvalue weighted by molar-refractivity contribution is -0.147. The molecule has 0 bridgehead atoms. The molecule has 0 saturated carbocycles. The number of anilines is 1.